The molecule has 0 saturated carbocycles. The summed E-state index contributed by atoms with van der Waals surface area (Å²) in [5.41, 5.74) is 3.01. The zero-order chi connectivity index (χ0) is 20.4. The van der Waals surface area contributed by atoms with Crippen molar-refractivity contribution in [2.45, 2.75) is 53.9 Å². The number of hydrogen-bond donors (Lipinski definition) is 0. The smallest absolute Gasteiger partial charge is 0.338 e. The Morgan fingerprint density at radius 3 is 2.56 bits per heavy atom. The Hall–Kier alpha value is -2.23. The predicted octanol–water partition coefficient (Wildman–Crippen LogP) is 6.79. The van der Waals surface area contributed by atoms with E-state index >= 15 is 4.39 Å². The van der Waals surface area contributed by atoms with E-state index in [4.69, 9.17) is 4.74 Å². The molecule has 2 rings (SSSR count). The molecular weight excluding hydrogens is 346 g/mol. The lowest BCUT2D eigenvalue weighted by molar-refractivity contribution is 0.0525. The largest absolute Gasteiger partial charge is 0.462 e. The molecule has 1 aliphatic rings. The maximum absolute atomic E-state index is 15.1. The van der Waals surface area contributed by atoms with Crippen LogP contribution in [0.1, 0.15) is 69.8 Å². The van der Waals surface area contributed by atoms with Crippen molar-refractivity contribution in [3.63, 3.8) is 0 Å². The van der Waals surface area contributed by atoms with Crippen LogP contribution < -0.4 is 0 Å². The molecule has 146 valence electrons. The number of benzene rings is 1. The van der Waals surface area contributed by atoms with Crippen molar-refractivity contribution in [1.82, 2.24) is 0 Å². The first-order valence-corrected chi connectivity index (χ1v) is 9.33. The molecule has 1 aliphatic carbocycles. The van der Waals surface area contributed by atoms with Crippen LogP contribution in [0, 0.1) is 11.2 Å². The highest BCUT2D eigenvalue weighted by atomic mass is 19.1. The van der Waals surface area contributed by atoms with Crippen LogP contribution in [-0.4, -0.2) is 12.6 Å². The van der Waals surface area contributed by atoms with Gasteiger partial charge in [-0.15, -0.1) is 0 Å². The number of esters is 1. The molecule has 0 N–H and O–H groups in total. The fourth-order valence-corrected chi connectivity index (χ4v) is 3.85. The molecule has 0 atom stereocenters. The van der Waals surface area contributed by atoms with E-state index in [2.05, 4.69) is 27.4 Å². The summed E-state index contributed by atoms with van der Waals surface area (Å²) in [5.74, 6) is -2.08. The Kier molecular flexibility index (Phi) is 6.40. The minimum atomic E-state index is -0.793. The second kappa shape index (κ2) is 8.20. The van der Waals surface area contributed by atoms with E-state index < -0.39 is 17.6 Å². The van der Waals surface area contributed by atoms with Gasteiger partial charge in [0.15, 0.2) is 0 Å². The first-order chi connectivity index (χ1) is 12.6. The molecule has 27 heavy (non-hydrogen) atoms. The van der Waals surface area contributed by atoms with Gasteiger partial charge in [0.25, 0.3) is 0 Å². The number of halogens is 2. The van der Waals surface area contributed by atoms with Gasteiger partial charge in [-0.3, -0.25) is 0 Å². The molecule has 0 saturated heterocycles. The summed E-state index contributed by atoms with van der Waals surface area (Å²) < 4.78 is 34.4. The Morgan fingerprint density at radius 2 is 2.00 bits per heavy atom. The molecule has 1 aromatic rings. The predicted molar refractivity (Wildman–Crippen MR) is 106 cm³/mol. The summed E-state index contributed by atoms with van der Waals surface area (Å²) in [6, 6.07) is 3.67. The van der Waals surface area contributed by atoms with Gasteiger partial charge in [-0.2, -0.15) is 0 Å². The second-order valence-electron chi connectivity index (χ2n) is 7.73. The SMILES string of the molecule is C=C(C(C)=C(F)c1ccc(C(=O)OCC)cc1F)C1=C(C)CCCC1(C)C. The van der Waals surface area contributed by atoms with Gasteiger partial charge in [-0.1, -0.05) is 26.0 Å². The lowest BCUT2D eigenvalue weighted by atomic mass is 9.69. The number of rotatable bonds is 5. The number of allylic oxidation sites excluding steroid dienone is 4. The number of carbonyl (C=O) groups is 1. The summed E-state index contributed by atoms with van der Waals surface area (Å²) in [6.07, 6.45) is 3.08. The summed E-state index contributed by atoms with van der Waals surface area (Å²) in [4.78, 5) is 11.7. The molecule has 0 bridgehead atoms. The first kappa shape index (κ1) is 21.1. The van der Waals surface area contributed by atoms with Crippen LogP contribution in [0.25, 0.3) is 5.83 Å². The van der Waals surface area contributed by atoms with E-state index in [9.17, 15) is 9.18 Å². The molecule has 0 unspecified atom stereocenters. The summed E-state index contributed by atoms with van der Waals surface area (Å²) in [7, 11) is 0. The van der Waals surface area contributed by atoms with Gasteiger partial charge in [0.05, 0.1) is 12.2 Å². The van der Waals surface area contributed by atoms with Crippen LogP contribution >= 0.6 is 0 Å². The van der Waals surface area contributed by atoms with E-state index in [0.29, 0.717) is 11.1 Å². The Balaban J connectivity index is 2.42. The van der Waals surface area contributed by atoms with E-state index in [1.54, 1.807) is 13.8 Å². The van der Waals surface area contributed by atoms with Crippen LogP contribution in [0.5, 0.6) is 0 Å². The minimum absolute atomic E-state index is 0.0642. The molecule has 1 aromatic carbocycles. The molecule has 4 heteroatoms. The highest BCUT2D eigenvalue weighted by Gasteiger charge is 2.31. The van der Waals surface area contributed by atoms with Gasteiger partial charge < -0.3 is 4.74 Å². The lowest BCUT2D eigenvalue weighted by Gasteiger charge is -2.36. The third kappa shape index (κ3) is 4.37. The van der Waals surface area contributed by atoms with E-state index in [1.165, 1.54) is 17.7 Å². The van der Waals surface area contributed by atoms with E-state index in [-0.39, 0.29) is 23.1 Å². The monoisotopic (exact) mass is 374 g/mol. The third-order valence-corrected chi connectivity index (χ3v) is 5.26. The molecule has 0 radical (unpaired) electrons. The van der Waals surface area contributed by atoms with E-state index in [0.717, 1.165) is 30.9 Å². The Labute approximate surface area is 160 Å². The fourth-order valence-electron chi connectivity index (χ4n) is 3.85. The molecule has 0 heterocycles. The summed E-state index contributed by atoms with van der Waals surface area (Å²) >= 11 is 0. The number of hydrogen-bond acceptors (Lipinski definition) is 2. The Bertz CT molecular complexity index is 829. The topological polar surface area (TPSA) is 26.3 Å². The van der Waals surface area contributed by atoms with Crippen LogP contribution in [-0.2, 0) is 4.74 Å². The second-order valence-corrected chi connectivity index (χ2v) is 7.73. The van der Waals surface area contributed by atoms with E-state index in [1.807, 2.05) is 0 Å². The fraction of sp³-hybridized carbons (Fsp3) is 0.435. The number of carbonyl (C=O) groups excluding carboxylic acids is 1. The quantitative estimate of drug-likeness (QED) is 0.419. The maximum Gasteiger partial charge on any atom is 0.338 e. The molecule has 0 aliphatic heterocycles. The van der Waals surface area contributed by atoms with Crippen molar-refractivity contribution in [2.24, 2.45) is 5.41 Å². The maximum atomic E-state index is 15.1. The van der Waals surface area contributed by atoms with Crippen LogP contribution in [0.4, 0.5) is 8.78 Å². The zero-order valence-electron chi connectivity index (χ0n) is 16.8. The van der Waals surface area contributed by atoms with Gasteiger partial charge in [-0.05, 0) is 80.4 Å². The van der Waals surface area contributed by atoms with Crippen molar-refractivity contribution in [2.75, 3.05) is 6.61 Å². The standard InChI is InChI=1S/C23H28F2O2/c1-7-27-22(26)17-10-11-18(19(24)13-17)21(25)16(4)15(3)20-14(2)9-8-12-23(20,5)6/h10-11,13H,3,7-9,12H2,1-2,4-6H3. The van der Waals surface area contributed by atoms with Crippen LogP contribution in [0.3, 0.4) is 0 Å². The normalized spacial score (nSPS) is 17.4. The van der Waals surface area contributed by atoms with Gasteiger partial charge in [0.2, 0.25) is 0 Å². The van der Waals surface area contributed by atoms with Gasteiger partial charge in [-0.25, -0.2) is 13.6 Å². The minimum Gasteiger partial charge on any atom is -0.462 e. The highest BCUT2D eigenvalue weighted by molar-refractivity contribution is 5.90. The van der Waals surface area contributed by atoms with Crippen LogP contribution in [0.2, 0.25) is 0 Å². The van der Waals surface area contributed by atoms with Crippen molar-refractivity contribution >= 4 is 11.8 Å². The highest BCUT2D eigenvalue weighted by Crippen LogP contribution is 2.46. The van der Waals surface area contributed by atoms with Crippen molar-refractivity contribution in [1.29, 1.82) is 0 Å². The lowest BCUT2D eigenvalue weighted by Crippen LogP contribution is -2.22. The van der Waals surface area contributed by atoms with Gasteiger partial charge in [0.1, 0.15) is 11.6 Å². The molecule has 0 amide bonds. The van der Waals surface area contributed by atoms with Crippen molar-refractivity contribution in [3.05, 3.63) is 64.0 Å². The first-order valence-electron chi connectivity index (χ1n) is 9.33. The van der Waals surface area contributed by atoms with Crippen LogP contribution in [0.15, 0.2) is 47.1 Å². The molecule has 0 spiro atoms. The molecule has 0 fully saturated rings. The average Bonchev–Trinajstić information content (AvgIpc) is 2.59. The zero-order valence-corrected chi connectivity index (χ0v) is 16.8. The summed E-state index contributed by atoms with van der Waals surface area (Å²) in [6.45, 7) is 13.9. The van der Waals surface area contributed by atoms with Crippen molar-refractivity contribution < 1.29 is 18.3 Å². The molecule has 2 nitrogen and oxygen atoms in total. The molecule has 0 aromatic heterocycles. The third-order valence-electron chi connectivity index (χ3n) is 5.26. The van der Waals surface area contributed by atoms with Gasteiger partial charge >= 0.3 is 5.97 Å². The number of ether oxygens (including phenoxy) is 1. The Morgan fingerprint density at radius 1 is 1.33 bits per heavy atom. The summed E-state index contributed by atoms with van der Waals surface area (Å²) in [5, 5.41) is 0. The average molecular weight is 374 g/mol. The molecular formula is C23H28F2O2. The van der Waals surface area contributed by atoms with Gasteiger partial charge in [0, 0.05) is 5.56 Å². The van der Waals surface area contributed by atoms with Crippen molar-refractivity contribution in [3.8, 4) is 0 Å².